The highest BCUT2D eigenvalue weighted by Gasteiger charge is 2.27. The van der Waals surface area contributed by atoms with Gasteiger partial charge in [-0.15, -0.1) is 0 Å². The van der Waals surface area contributed by atoms with E-state index in [-0.39, 0.29) is 5.54 Å². The Hall–Kier alpha value is -1.16. The summed E-state index contributed by atoms with van der Waals surface area (Å²) in [6, 6.07) is 7.91. The molecule has 1 aromatic rings. The molecule has 4 heteroatoms. The Kier molecular flexibility index (Phi) is 3.85. The molecule has 0 radical (unpaired) electrons. The molecular weight excluding hydrogens is 244 g/mol. The second-order valence-electron chi connectivity index (χ2n) is 5.22. The Morgan fingerprint density at radius 2 is 2.00 bits per heavy atom. The summed E-state index contributed by atoms with van der Waals surface area (Å²) in [4.78, 5) is 4.74. The van der Waals surface area contributed by atoms with Crippen LogP contribution in [0.25, 0.3) is 0 Å². The number of hydrogen-bond acceptors (Lipinski definition) is 4. The van der Waals surface area contributed by atoms with Crippen molar-refractivity contribution in [3.05, 3.63) is 24.3 Å². The molecule has 0 amide bonds. The molecule has 0 aliphatic carbocycles. The van der Waals surface area contributed by atoms with E-state index in [4.69, 9.17) is 9.73 Å². The van der Waals surface area contributed by atoms with Crippen LogP contribution >= 0.6 is 11.8 Å². The van der Waals surface area contributed by atoms with Crippen molar-refractivity contribution in [1.82, 2.24) is 0 Å². The number of amidine groups is 1. The van der Waals surface area contributed by atoms with E-state index < -0.39 is 0 Å². The van der Waals surface area contributed by atoms with E-state index in [9.17, 15) is 0 Å². The molecule has 1 aliphatic heterocycles. The van der Waals surface area contributed by atoms with Gasteiger partial charge < -0.3 is 10.1 Å². The van der Waals surface area contributed by atoms with Crippen LogP contribution in [0, 0.1) is 0 Å². The molecule has 0 saturated carbocycles. The predicted molar refractivity (Wildman–Crippen MR) is 79.8 cm³/mol. The van der Waals surface area contributed by atoms with E-state index in [1.807, 2.05) is 24.3 Å². The van der Waals surface area contributed by atoms with Crippen LogP contribution in [0.15, 0.2) is 29.3 Å². The molecule has 1 atom stereocenters. The second-order valence-corrected chi connectivity index (χ2v) is 6.64. The van der Waals surface area contributed by atoms with Crippen LogP contribution in [-0.2, 0) is 0 Å². The lowest BCUT2D eigenvalue weighted by molar-refractivity contribution is 0.415. The summed E-state index contributed by atoms with van der Waals surface area (Å²) < 4.78 is 5.15. The van der Waals surface area contributed by atoms with Gasteiger partial charge in [0.25, 0.3) is 0 Å². The summed E-state index contributed by atoms with van der Waals surface area (Å²) >= 11 is 1.80. The van der Waals surface area contributed by atoms with Crippen molar-refractivity contribution in [2.45, 2.75) is 38.0 Å². The molecule has 1 aromatic carbocycles. The van der Waals surface area contributed by atoms with Crippen molar-refractivity contribution in [2.24, 2.45) is 4.99 Å². The van der Waals surface area contributed by atoms with Crippen LogP contribution in [0.2, 0.25) is 0 Å². The fraction of sp³-hybridized carbons (Fsp3) is 0.500. The molecule has 1 aliphatic rings. The third-order valence-corrected chi connectivity index (χ3v) is 3.83. The largest absolute Gasteiger partial charge is 0.497 e. The van der Waals surface area contributed by atoms with E-state index in [0.29, 0.717) is 5.25 Å². The van der Waals surface area contributed by atoms with Gasteiger partial charge in [-0.05, 0) is 44.5 Å². The molecule has 0 saturated heterocycles. The molecule has 18 heavy (non-hydrogen) atoms. The minimum atomic E-state index is 0.0273. The Morgan fingerprint density at radius 1 is 1.33 bits per heavy atom. The van der Waals surface area contributed by atoms with E-state index in [0.717, 1.165) is 23.0 Å². The Morgan fingerprint density at radius 3 is 2.56 bits per heavy atom. The fourth-order valence-electron chi connectivity index (χ4n) is 2.14. The van der Waals surface area contributed by atoms with Gasteiger partial charge in [-0.2, -0.15) is 0 Å². The lowest BCUT2D eigenvalue weighted by Gasteiger charge is -2.30. The number of benzene rings is 1. The third-order valence-electron chi connectivity index (χ3n) is 2.85. The monoisotopic (exact) mass is 264 g/mol. The number of ether oxygens (including phenoxy) is 1. The van der Waals surface area contributed by atoms with Gasteiger partial charge in [0, 0.05) is 10.9 Å². The topological polar surface area (TPSA) is 33.6 Å². The average molecular weight is 264 g/mol. The molecule has 2 rings (SSSR count). The van der Waals surface area contributed by atoms with Crippen molar-refractivity contribution in [1.29, 1.82) is 0 Å². The van der Waals surface area contributed by atoms with Crippen LogP contribution in [0.4, 0.5) is 5.69 Å². The first-order chi connectivity index (χ1) is 8.48. The maximum atomic E-state index is 5.15. The van der Waals surface area contributed by atoms with Crippen molar-refractivity contribution >= 4 is 22.6 Å². The number of methoxy groups -OCH3 is 1. The predicted octanol–water partition coefficient (Wildman–Crippen LogP) is 3.77. The second kappa shape index (κ2) is 5.22. The summed E-state index contributed by atoms with van der Waals surface area (Å²) in [5, 5.41) is 4.97. The fourth-order valence-corrected chi connectivity index (χ4v) is 3.49. The minimum Gasteiger partial charge on any atom is -0.497 e. The highest BCUT2D eigenvalue weighted by Crippen LogP contribution is 2.32. The Labute approximate surface area is 113 Å². The molecule has 0 bridgehead atoms. The van der Waals surface area contributed by atoms with Crippen LogP contribution in [0.5, 0.6) is 5.75 Å². The standard InChI is InChI=1S/C14H20N2OS/c1-10-9-14(2,3)16-13(18-10)15-11-5-7-12(17-4)8-6-11/h5-8,10H,9H2,1-4H3,(H,15,16). The van der Waals surface area contributed by atoms with Gasteiger partial charge in [0.1, 0.15) is 5.75 Å². The number of hydrogen-bond donors (Lipinski definition) is 1. The first kappa shape index (κ1) is 13.3. The maximum absolute atomic E-state index is 5.15. The maximum Gasteiger partial charge on any atom is 0.161 e. The van der Waals surface area contributed by atoms with Gasteiger partial charge in [0.15, 0.2) is 5.17 Å². The summed E-state index contributed by atoms with van der Waals surface area (Å²) in [6.07, 6.45) is 1.12. The first-order valence-corrected chi connectivity index (χ1v) is 7.04. The summed E-state index contributed by atoms with van der Waals surface area (Å²) in [5.41, 5.74) is 1.08. The van der Waals surface area contributed by atoms with Crippen LogP contribution in [0.3, 0.4) is 0 Å². The van der Waals surface area contributed by atoms with E-state index in [1.165, 1.54) is 0 Å². The quantitative estimate of drug-likeness (QED) is 0.883. The van der Waals surface area contributed by atoms with Gasteiger partial charge in [-0.3, -0.25) is 4.99 Å². The molecule has 1 N–H and O–H groups in total. The number of aliphatic imine (C=N–C) groups is 1. The molecule has 3 nitrogen and oxygen atoms in total. The summed E-state index contributed by atoms with van der Waals surface area (Å²) in [6.45, 7) is 6.61. The normalized spacial score (nSPS) is 22.2. The third kappa shape index (κ3) is 3.42. The van der Waals surface area contributed by atoms with Gasteiger partial charge >= 0.3 is 0 Å². The summed E-state index contributed by atoms with van der Waals surface area (Å²) in [5.74, 6) is 0.868. The highest BCUT2D eigenvalue weighted by molar-refractivity contribution is 8.14. The Bertz CT molecular complexity index is 440. The first-order valence-electron chi connectivity index (χ1n) is 6.16. The molecule has 98 valence electrons. The number of anilines is 1. The molecule has 0 fully saturated rings. The van der Waals surface area contributed by atoms with Crippen LogP contribution in [-0.4, -0.2) is 23.1 Å². The molecule has 1 heterocycles. The number of thioether (sulfide) groups is 1. The van der Waals surface area contributed by atoms with Crippen molar-refractivity contribution in [2.75, 3.05) is 12.4 Å². The van der Waals surface area contributed by atoms with Gasteiger partial charge in [0.05, 0.1) is 12.6 Å². The number of rotatable bonds is 2. The number of nitrogens with zero attached hydrogens (tertiary/aromatic N) is 1. The van der Waals surface area contributed by atoms with Crippen LogP contribution < -0.4 is 10.1 Å². The zero-order valence-electron chi connectivity index (χ0n) is 11.4. The average Bonchev–Trinajstić information content (AvgIpc) is 2.27. The van der Waals surface area contributed by atoms with Crippen LogP contribution in [0.1, 0.15) is 27.2 Å². The van der Waals surface area contributed by atoms with Crippen molar-refractivity contribution < 1.29 is 4.74 Å². The molecule has 0 spiro atoms. The van der Waals surface area contributed by atoms with E-state index >= 15 is 0 Å². The van der Waals surface area contributed by atoms with Crippen molar-refractivity contribution in [3.63, 3.8) is 0 Å². The van der Waals surface area contributed by atoms with Gasteiger partial charge in [-0.1, -0.05) is 18.7 Å². The van der Waals surface area contributed by atoms with Crippen molar-refractivity contribution in [3.8, 4) is 5.75 Å². The Balaban J connectivity index is 2.10. The molecule has 1 unspecified atom stereocenters. The van der Waals surface area contributed by atoms with Gasteiger partial charge in [-0.25, -0.2) is 0 Å². The minimum absolute atomic E-state index is 0.0273. The zero-order chi connectivity index (χ0) is 13.2. The molecular formula is C14H20N2OS. The van der Waals surface area contributed by atoms with E-state index in [2.05, 4.69) is 26.1 Å². The number of nitrogens with one attached hydrogen (secondary N) is 1. The molecule has 0 aromatic heterocycles. The van der Waals surface area contributed by atoms with Gasteiger partial charge in [0.2, 0.25) is 0 Å². The smallest absolute Gasteiger partial charge is 0.161 e. The SMILES string of the molecule is COc1ccc(NC2=NC(C)(C)CC(C)S2)cc1. The zero-order valence-corrected chi connectivity index (χ0v) is 12.2. The lowest BCUT2D eigenvalue weighted by atomic mass is 10.00. The highest BCUT2D eigenvalue weighted by atomic mass is 32.2. The van der Waals surface area contributed by atoms with E-state index in [1.54, 1.807) is 18.9 Å². The summed E-state index contributed by atoms with van der Waals surface area (Å²) in [7, 11) is 1.67. The lowest BCUT2D eigenvalue weighted by Crippen LogP contribution is -2.31.